The molecular formula is C6H7ClO3S2. The molecule has 0 unspecified atom stereocenters. The Balaban J connectivity index is 3.04. The van der Waals surface area contributed by atoms with Crippen molar-refractivity contribution in [2.75, 3.05) is 0 Å². The van der Waals surface area contributed by atoms with E-state index in [1.165, 1.54) is 11.3 Å². The second-order valence-electron chi connectivity index (χ2n) is 2.28. The Morgan fingerprint density at radius 1 is 1.50 bits per heavy atom. The molecule has 0 saturated heterocycles. The number of halogens is 1. The summed E-state index contributed by atoms with van der Waals surface area (Å²) in [5.74, 6) is 0.343. The van der Waals surface area contributed by atoms with E-state index >= 15 is 0 Å². The van der Waals surface area contributed by atoms with E-state index in [9.17, 15) is 8.42 Å². The first-order valence-electron chi connectivity index (χ1n) is 3.09. The van der Waals surface area contributed by atoms with Crippen LogP contribution in [0.3, 0.4) is 0 Å². The van der Waals surface area contributed by atoms with E-state index in [-0.39, 0.29) is 0 Å². The summed E-state index contributed by atoms with van der Waals surface area (Å²) in [5.41, 5.74) is 0.779. The van der Waals surface area contributed by atoms with Gasteiger partial charge in [0.1, 0.15) is 0 Å². The number of aryl methyl sites for hydroxylation is 2. The summed E-state index contributed by atoms with van der Waals surface area (Å²) in [6.07, 6.45) is 0. The van der Waals surface area contributed by atoms with Crippen LogP contribution in [0.25, 0.3) is 0 Å². The van der Waals surface area contributed by atoms with Gasteiger partial charge in [-0.3, -0.25) is 0 Å². The van der Waals surface area contributed by atoms with Crippen molar-refractivity contribution >= 4 is 31.4 Å². The normalized spacial score (nSPS) is 11.6. The second-order valence-corrected chi connectivity index (χ2v) is 5.45. The molecule has 0 aliphatic heterocycles. The van der Waals surface area contributed by atoms with Crippen LogP contribution in [0.5, 0.6) is 5.75 Å². The topological polar surface area (TPSA) is 43.4 Å². The minimum Gasteiger partial charge on any atom is -0.369 e. The van der Waals surface area contributed by atoms with Crippen LogP contribution in [0.4, 0.5) is 0 Å². The van der Waals surface area contributed by atoms with Crippen molar-refractivity contribution in [3.05, 3.63) is 15.8 Å². The van der Waals surface area contributed by atoms with Crippen LogP contribution in [-0.4, -0.2) is 8.42 Å². The van der Waals surface area contributed by atoms with E-state index in [1.807, 2.05) is 5.38 Å². The van der Waals surface area contributed by atoms with E-state index in [2.05, 4.69) is 4.18 Å². The average Bonchev–Trinajstić information content (AvgIpc) is 2.16. The highest BCUT2D eigenvalue weighted by Gasteiger charge is 2.13. The fourth-order valence-corrected chi connectivity index (χ4v) is 2.25. The van der Waals surface area contributed by atoms with Crippen LogP contribution in [0.15, 0.2) is 5.38 Å². The maximum absolute atomic E-state index is 10.6. The minimum absolute atomic E-state index is 0.343. The third-order valence-electron chi connectivity index (χ3n) is 1.27. The molecule has 0 radical (unpaired) electrons. The molecule has 1 heterocycles. The lowest BCUT2D eigenvalue weighted by Gasteiger charge is -2.00. The predicted molar refractivity (Wildman–Crippen MR) is 49.2 cm³/mol. The van der Waals surface area contributed by atoms with E-state index in [4.69, 9.17) is 10.7 Å². The molecule has 0 aliphatic rings. The monoisotopic (exact) mass is 226 g/mol. The van der Waals surface area contributed by atoms with Crippen molar-refractivity contribution < 1.29 is 12.6 Å². The first-order valence-corrected chi connectivity index (χ1v) is 6.20. The van der Waals surface area contributed by atoms with E-state index in [0.29, 0.717) is 5.75 Å². The number of thiophene rings is 1. The molecule has 6 heteroatoms. The van der Waals surface area contributed by atoms with Crippen molar-refractivity contribution in [1.82, 2.24) is 0 Å². The first kappa shape index (κ1) is 9.83. The third-order valence-corrected chi connectivity index (χ3v) is 2.84. The molecule has 0 saturated carbocycles. The lowest BCUT2D eigenvalue weighted by Crippen LogP contribution is -2.00. The maximum Gasteiger partial charge on any atom is 0.401 e. The Kier molecular flexibility index (Phi) is 2.65. The predicted octanol–water partition coefficient (Wildman–Crippen LogP) is 2.23. The third kappa shape index (κ3) is 2.36. The molecule has 12 heavy (non-hydrogen) atoms. The van der Waals surface area contributed by atoms with Gasteiger partial charge in [0.15, 0.2) is 5.75 Å². The molecule has 0 aliphatic carbocycles. The highest BCUT2D eigenvalue weighted by atomic mass is 35.7. The number of hydrogen-bond acceptors (Lipinski definition) is 4. The van der Waals surface area contributed by atoms with Crippen molar-refractivity contribution in [3.63, 3.8) is 0 Å². The molecule has 68 valence electrons. The quantitative estimate of drug-likeness (QED) is 0.727. The van der Waals surface area contributed by atoms with Crippen LogP contribution >= 0.6 is 22.0 Å². The molecule has 0 atom stereocenters. The first-order chi connectivity index (χ1) is 5.40. The summed E-state index contributed by atoms with van der Waals surface area (Å²) in [5, 5.41) is 1.81. The number of rotatable bonds is 2. The van der Waals surface area contributed by atoms with Crippen LogP contribution < -0.4 is 4.18 Å². The summed E-state index contributed by atoms with van der Waals surface area (Å²) in [7, 11) is 1.01. The van der Waals surface area contributed by atoms with Gasteiger partial charge in [0, 0.05) is 10.4 Å². The molecule has 3 nitrogen and oxygen atoms in total. The second kappa shape index (κ2) is 3.24. The summed E-state index contributed by atoms with van der Waals surface area (Å²) < 4.78 is 25.7. The van der Waals surface area contributed by atoms with Gasteiger partial charge in [-0.2, -0.15) is 8.42 Å². The van der Waals surface area contributed by atoms with Gasteiger partial charge < -0.3 is 4.18 Å². The van der Waals surface area contributed by atoms with Crippen LogP contribution in [0, 0.1) is 13.8 Å². The molecule has 0 spiro atoms. The zero-order valence-electron chi connectivity index (χ0n) is 6.50. The SMILES string of the molecule is Cc1csc(C)c1OS(=O)(=O)Cl. The van der Waals surface area contributed by atoms with Gasteiger partial charge in [0.05, 0.1) is 10.7 Å². The molecule has 1 aromatic heterocycles. The lowest BCUT2D eigenvalue weighted by molar-refractivity contribution is 0.501. The zero-order valence-corrected chi connectivity index (χ0v) is 8.89. The Hall–Kier alpha value is -0.260. The Morgan fingerprint density at radius 3 is 2.42 bits per heavy atom. The maximum atomic E-state index is 10.6. The van der Waals surface area contributed by atoms with Crippen molar-refractivity contribution in [1.29, 1.82) is 0 Å². The fraction of sp³-hybridized carbons (Fsp3) is 0.333. The van der Waals surface area contributed by atoms with Gasteiger partial charge in [-0.15, -0.1) is 11.3 Å². The summed E-state index contributed by atoms with van der Waals surface area (Å²) >= 11 is 1.42. The Labute approximate surface area is 79.6 Å². The summed E-state index contributed by atoms with van der Waals surface area (Å²) in [6, 6.07) is 0. The molecule has 0 aromatic carbocycles. The number of hydrogen-bond donors (Lipinski definition) is 0. The molecule has 0 amide bonds. The molecule has 0 N–H and O–H groups in total. The van der Waals surface area contributed by atoms with Gasteiger partial charge in [0.25, 0.3) is 0 Å². The highest BCUT2D eigenvalue weighted by molar-refractivity contribution is 8.10. The van der Waals surface area contributed by atoms with E-state index < -0.39 is 9.33 Å². The van der Waals surface area contributed by atoms with Gasteiger partial charge in [-0.1, -0.05) is 0 Å². The zero-order chi connectivity index (χ0) is 9.35. The summed E-state index contributed by atoms with van der Waals surface area (Å²) in [6.45, 7) is 3.54. The standard InChI is InChI=1S/C6H7ClO3S2/c1-4-3-11-5(2)6(4)10-12(7,8)9/h3H,1-2H3. The average molecular weight is 227 g/mol. The summed E-state index contributed by atoms with van der Waals surface area (Å²) in [4.78, 5) is 0.803. The van der Waals surface area contributed by atoms with Crippen molar-refractivity contribution in [2.24, 2.45) is 0 Å². The smallest absolute Gasteiger partial charge is 0.369 e. The van der Waals surface area contributed by atoms with Gasteiger partial charge in [0.2, 0.25) is 0 Å². The van der Waals surface area contributed by atoms with Crippen LogP contribution in [-0.2, 0) is 9.33 Å². The Morgan fingerprint density at radius 2 is 2.08 bits per heavy atom. The highest BCUT2D eigenvalue weighted by Crippen LogP contribution is 2.30. The van der Waals surface area contributed by atoms with Crippen molar-refractivity contribution in [2.45, 2.75) is 13.8 Å². The molecule has 0 bridgehead atoms. The van der Waals surface area contributed by atoms with Gasteiger partial charge in [-0.05, 0) is 19.2 Å². The van der Waals surface area contributed by atoms with Gasteiger partial charge >= 0.3 is 9.33 Å². The van der Waals surface area contributed by atoms with Crippen LogP contribution in [0.2, 0.25) is 0 Å². The van der Waals surface area contributed by atoms with Crippen molar-refractivity contribution in [3.8, 4) is 5.75 Å². The fourth-order valence-electron chi connectivity index (χ4n) is 0.785. The van der Waals surface area contributed by atoms with E-state index in [0.717, 1.165) is 10.4 Å². The molecule has 0 fully saturated rings. The van der Waals surface area contributed by atoms with Gasteiger partial charge in [-0.25, -0.2) is 0 Å². The lowest BCUT2D eigenvalue weighted by atomic mass is 10.3. The Bertz CT molecular complexity index is 360. The van der Waals surface area contributed by atoms with E-state index in [1.54, 1.807) is 13.8 Å². The largest absolute Gasteiger partial charge is 0.401 e. The molecule has 1 rings (SSSR count). The molecular weight excluding hydrogens is 220 g/mol. The van der Waals surface area contributed by atoms with Crippen LogP contribution in [0.1, 0.15) is 10.4 Å². The molecule has 1 aromatic rings. The minimum atomic E-state index is -3.91.